The van der Waals surface area contributed by atoms with Crippen molar-refractivity contribution in [3.05, 3.63) is 52.2 Å². The van der Waals surface area contributed by atoms with Gasteiger partial charge in [0, 0.05) is 11.4 Å². The second-order valence-corrected chi connectivity index (χ2v) is 8.80. The normalized spacial score (nSPS) is 12.5. The molecule has 0 fully saturated rings. The van der Waals surface area contributed by atoms with Crippen LogP contribution in [0.5, 0.6) is 0 Å². The lowest BCUT2D eigenvalue weighted by atomic mass is 9.87. The van der Waals surface area contributed by atoms with E-state index in [9.17, 15) is 8.42 Å². The molecule has 0 amide bonds. The monoisotopic (exact) mass is 323 g/mol. The van der Waals surface area contributed by atoms with Gasteiger partial charge in [-0.3, -0.25) is 0 Å². The first-order valence-electron chi connectivity index (χ1n) is 6.92. The van der Waals surface area contributed by atoms with Crippen LogP contribution in [0.4, 0.5) is 0 Å². The quantitative estimate of drug-likeness (QED) is 0.914. The molecule has 0 unspecified atom stereocenters. The van der Waals surface area contributed by atoms with E-state index in [-0.39, 0.29) is 5.41 Å². The summed E-state index contributed by atoms with van der Waals surface area (Å²) in [4.78, 5) is 1.50. The number of benzene rings is 1. The van der Waals surface area contributed by atoms with E-state index >= 15 is 0 Å². The van der Waals surface area contributed by atoms with E-state index < -0.39 is 10.0 Å². The van der Waals surface area contributed by atoms with Crippen LogP contribution in [0.2, 0.25) is 0 Å². The number of nitrogens with one attached hydrogen (secondary N) is 1. The smallest absolute Gasteiger partial charge is 0.211 e. The first-order chi connectivity index (χ1) is 9.79. The third kappa shape index (κ3) is 4.40. The molecule has 1 aromatic carbocycles. The minimum atomic E-state index is -3.42. The van der Waals surface area contributed by atoms with Gasteiger partial charge in [-0.25, -0.2) is 13.1 Å². The zero-order valence-corrected chi connectivity index (χ0v) is 14.2. The lowest BCUT2D eigenvalue weighted by molar-refractivity contribution is 0.578. The molecule has 2 rings (SSSR count). The second-order valence-electron chi connectivity index (χ2n) is 6.00. The summed E-state index contributed by atoms with van der Waals surface area (Å²) >= 11 is 1.64. The fourth-order valence-electron chi connectivity index (χ4n) is 1.98. The van der Waals surface area contributed by atoms with Crippen molar-refractivity contribution in [3.63, 3.8) is 0 Å². The zero-order valence-electron chi connectivity index (χ0n) is 12.6. The number of thiophene rings is 1. The SMILES string of the molecule is CC(C)(C)c1ccc(S(=O)(=O)NCCc2cccs2)cc1. The topological polar surface area (TPSA) is 46.2 Å². The highest BCUT2D eigenvalue weighted by Crippen LogP contribution is 2.23. The zero-order chi connectivity index (χ0) is 15.5. The number of hydrogen-bond donors (Lipinski definition) is 1. The number of sulfonamides is 1. The second kappa shape index (κ2) is 6.30. The van der Waals surface area contributed by atoms with Gasteiger partial charge >= 0.3 is 0 Å². The predicted molar refractivity (Wildman–Crippen MR) is 88.4 cm³/mol. The van der Waals surface area contributed by atoms with Gasteiger partial charge in [-0.1, -0.05) is 39.0 Å². The lowest BCUT2D eigenvalue weighted by Gasteiger charge is -2.19. The van der Waals surface area contributed by atoms with Gasteiger partial charge in [0.05, 0.1) is 4.90 Å². The molecule has 0 atom stereocenters. The van der Waals surface area contributed by atoms with Crippen LogP contribution in [0.3, 0.4) is 0 Å². The summed E-state index contributed by atoms with van der Waals surface area (Å²) in [6.45, 7) is 6.74. The Balaban J connectivity index is 2.02. The Kier molecular flexibility index (Phi) is 4.86. The lowest BCUT2D eigenvalue weighted by Crippen LogP contribution is -2.26. The summed E-state index contributed by atoms with van der Waals surface area (Å²) in [5.41, 5.74) is 1.15. The van der Waals surface area contributed by atoms with Crippen LogP contribution >= 0.6 is 11.3 Å². The molecule has 0 aliphatic heterocycles. The van der Waals surface area contributed by atoms with Gasteiger partial charge < -0.3 is 0 Å². The third-order valence-electron chi connectivity index (χ3n) is 3.27. The largest absolute Gasteiger partial charge is 0.240 e. The summed E-state index contributed by atoms with van der Waals surface area (Å²) in [6.07, 6.45) is 0.719. The maximum Gasteiger partial charge on any atom is 0.240 e. The van der Waals surface area contributed by atoms with Crippen LogP contribution in [0, 0.1) is 0 Å². The van der Waals surface area contributed by atoms with E-state index in [0.29, 0.717) is 11.4 Å². The first-order valence-corrected chi connectivity index (χ1v) is 9.28. The molecule has 5 heteroatoms. The molecule has 0 aliphatic carbocycles. The van der Waals surface area contributed by atoms with E-state index in [1.54, 1.807) is 23.5 Å². The number of rotatable bonds is 5. The highest BCUT2D eigenvalue weighted by atomic mass is 32.2. The molecule has 21 heavy (non-hydrogen) atoms. The summed E-state index contributed by atoms with van der Waals surface area (Å²) in [6, 6.07) is 11.1. The van der Waals surface area contributed by atoms with Crippen molar-refractivity contribution in [2.75, 3.05) is 6.54 Å². The van der Waals surface area contributed by atoms with Crippen molar-refractivity contribution in [2.24, 2.45) is 0 Å². The fourth-order valence-corrected chi connectivity index (χ4v) is 3.72. The maximum atomic E-state index is 12.2. The average molecular weight is 323 g/mol. The molecular formula is C16H21NO2S2. The van der Waals surface area contributed by atoms with Crippen molar-refractivity contribution in [1.29, 1.82) is 0 Å². The van der Waals surface area contributed by atoms with Gasteiger partial charge in [0.25, 0.3) is 0 Å². The van der Waals surface area contributed by atoms with Crippen LogP contribution in [0.25, 0.3) is 0 Å². The molecule has 0 saturated heterocycles. The summed E-state index contributed by atoms with van der Waals surface area (Å²) in [7, 11) is -3.42. The van der Waals surface area contributed by atoms with Crippen LogP contribution in [-0.2, 0) is 21.9 Å². The minimum Gasteiger partial charge on any atom is -0.211 e. The minimum absolute atomic E-state index is 0.0227. The molecule has 0 spiro atoms. The Morgan fingerprint density at radius 1 is 1.10 bits per heavy atom. The van der Waals surface area contributed by atoms with Crippen molar-refractivity contribution in [2.45, 2.75) is 37.5 Å². The molecule has 1 N–H and O–H groups in total. The third-order valence-corrected chi connectivity index (χ3v) is 5.69. The molecule has 3 nitrogen and oxygen atoms in total. The highest BCUT2D eigenvalue weighted by Gasteiger charge is 2.17. The fraction of sp³-hybridized carbons (Fsp3) is 0.375. The molecule has 114 valence electrons. The molecule has 1 aromatic heterocycles. The highest BCUT2D eigenvalue weighted by molar-refractivity contribution is 7.89. The van der Waals surface area contributed by atoms with Gasteiger partial charge in [-0.15, -0.1) is 11.3 Å². The Bertz CT molecular complexity index is 666. The first kappa shape index (κ1) is 16.2. The summed E-state index contributed by atoms with van der Waals surface area (Å²) in [5.74, 6) is 0. The Morgan fingerprint density at radius 3 is 2.29 bits per heavy atom. The van der Waals surface area contributed by atoms with Gasteiger partial charge in [0.1, 0.15) is 0 Å². The molecule has 0 radical (unpaired) electrons. The summed E-state index contributed by atoms with van der Waals surface area (Å²) < 4.78 is 27.1. The molecular weight excluding hydrogens is 302 g/mol. The number of hydrogen-bond acceptors (Lipinski definition) is 3. The Morgan fingerprint density at radius 2 is 1.76 bits per heavy atom. The van der Waals surface area contributed by atoms with Crippen LogP contribution in [-0.4, -0.2) is 15.0 Å². The summed E-state index contributed by atoms with van der Waals surface area (Å²) in [5, 5.41) is 2.00. The van der Waals surface area contributed by atoms with Crippen LogP contribution in [0.1, 0.15) is 31.2 Å². The molecule has 0 aliphatic rings. The van der Waals surface area contributed by atoms with E-state index in [2.05, 4.69) is 25.5 Å². The van der Waals surface area contributed by atoms with Crippen molar-refractivity contribution in [3.8, 4) is 0 Å². The van der Waals surface area contributed by atoms with Gasteiger partial charge in [-0.2, -0.15) is 0 Å². The van der Waals surface area contributed by atoms with Crippen molar-refractivity contribution in [1.82, 2.24) is 4.72 Å². The molecule has 2 aromatic rings. The van der Waals surface area contributed by atoms with E-state index in [1.165, 1.54) is 4.88 Å². The van der Waals surface area contributed by atoms with Crippen LogP contribution in [0.15, 0.2) is 46.7 Å². The van der Waals surface area contributed by atoms with Gasteiger partial charge in [-0.05, 0) is 41.0 Å². The molecule has 0 saturated carbocycles. The van der Waals surface area contributed by atoms with Crippen LogP contribution < -0.4 is 4.72 Å². The molecule has 1 heterocycles. The van der Waals surface area contributed by atoms with E-state index in [4.69, 9.17) is 0 Å². The molecule has 0 bridgehead atoms. The predicted octanol–water partition coefficient (Wildman–Crippen LogP) is 3.57. The van der Waals surface area contributed by atoms with Gasteiger partial charge in [0.15, 0.2) is 0 Å². The standard InChI is InChI=1S/C16H21NO2S2/c1-16(2,3)13-6-8-15(9-7-13)21(18,19)17-11-10-14-5-4-12-20-14/h4-9,12,17H,10-11H2,1-3H3. The Labute approximate surface area is 131 Å². The van der Waals surface area contributed by atoms with E-state index in [1.807, 2.05) is 29.6 Å². The van der Waals surface area contributed by atoms with Crippen molar-refractivity contribution < 1.29 is 8.42 Å². The maximum absolute atomic E-state index is 12.2. The average Bonchev–Trinajstić information content (AvgIpc) is 2.91. The van der Waals surface area contributed by atoms with Crippen molar-refractivity contribution >= 4 is 21.4 Å². The Hall–Kier alpha value is -1.17. The van der Waals surface area contributed by atoms with E-state index in [0.717, 1.165) is 12.0 Å². The van der Waals surface area contributed by atoms with Gasteiger partial charge in [0.2, 0.25) is 10.0 Å².